The molecule has 1 aromatic carbocycles. The first-order valence-corrected chi connectivity index (χ1v) is 6.41. The van der Waals surface area contributed by atoms with E-state index in [1.807, 2.05) is 24.3 Å². The monoisotopic (exact) mass is 261 g/mol. The number of nitrogens with zero attached hydrogens (tertiary/aromatic N) is 2. The molecule has 0 aliphatic carbocycles. The van der Waals surface area contributed by atoms with Crippen molar-refractivity contribution in [2.75, 3.05) is 19.0 Å². The number of hydrogen-bond donors (Lipinski definition) is 1. The second-order valence-corrected chi connectivity index (χ2v) is 4.76. The van der Waals surface area contributed by atoms with Gasteiger partial charge in [-0.15, -0.1) is 0 Å². The molecular formula is C14H19N3O2. The normalized spacial score (nSPS) is 10.7. The highest BCUT2D eigenvalue weighted by atomic mass is 16.5. The van der Waals surface area contributed by atoms with E-state index in [1.54, 1.807) is 7.11 Å². The van der Waals surface area contributed by atoms with Crippen LogP contribution in [0.15, 0.2) is 28.8 Å². The van der Waals surface area contributed by atoms with E-state index in [1.165, 1.54) is 0 Å². The minimum atomic E-state index is 0.464. The zero-order valence-corrected chi connectivity index (χ0v) is 11.5. The zero-order valence-electron chi connectivity index (χ0n) is 11.5. The summed E-state index contributed by atoms with van der Waals surface area (Å²) in [5, 5.41) is 7.07. The van der Waals surface area contributed by atoms with E-state index in [9.17, 15) is 0 Å². The van der Waals surface area contributed by atoms with Crippen molar-refractivity contribution in [3.8, 4) is 17.1 Å². The molecule has 0 aliphatic rings. The molecule has 0 unspecified atom stereocenters. The molecule has 102 valence electrons. The molecule has 2 aromatic rings. The van der Waals surface area contributed by atoms with Gasteiger partial charge in [0.25, 0.3) is 0 Å². The summed E-state index contributed by atoms with van der Waals surface area (Å²) in [6, 6.07) is 8.02. The van der Waals surface area contributed by atoms with E-state index in [0.717, 1.165) is 24.3 Å². The van der Waals surface area contributed by atoms with Gasteiger partial charge in [0.15, 0.2) is 0 Å². The van der Waals surface area contributed by atoms with E-state index in [-0.39, 0.29) is 0 Å². The van der Waals surface area contributed by atoms with Crippen LogP contribution in [0.3, 0.4) is 0 Å². The lowest BCUT2D eigenvalue weighted by molar-refractivity contribution is 0.414. The molecule has 0 amide bonds. The summed E-state index contributed by atoms with van der Waals surface area (Å²) < 4.78 is 10.3. The van der Waals surface area contributed by atoms with Gasteiger partial charge in [0.1, 0.15) is 5.75 Å². The minimum Gasteiger partial charge on any atom is -0.497 e. The van der Waals surface area contributed by atoms with Crippen molar-refractivity contribution in [2.24, 2.45) is 5.92 Å². The molecule has 1 heterocycles. The molecule has 0 radical (unpaired) electrons. The third-order valence-corrected chi connectivity index (χ3v) is 2.77. The first-order valence-electron chi connectivity index (χ1n) is 6.41. The van der Waals surface area contributed by atoms with Crippen LogP contribution < -0.4 is 10.1 Å². The number of rotatable bonds is 6. The van der Waals surface area contributed by atoms with Gasteiger partial charge in [-0.1, -0.05) is 19.0 Å². The Morgan fingerprint density at radius 3 is 2.63 bits per heavy atom. The number of hydrogen-bond acceptors (Lipinski definition) is 5. The number of methoxy groups -OCH3 is 1. The van der Waals surface area contributed by atoms with Crippen LogP contribution in [0.1, 0.15) is 20.3 Å². The molecule has 0 bridgehead atoms. The number of aromatic nitrogens is 2. The highest BCUT2D eigenvalue weighted by Crippen LogP contribution is 2.20. The van der Waals surface area contributed by atoms with Crippen molar-refractivity contribution in [2.45, 2.75) is 20.3 Å². The largest absolute Gasteiger partial charge is 0.497 e. The van der Waals surface area contributed by atoms with Gasteiger partial charge in [-0.2, -0.15) is 4.98 Å². The van der Waals surface area contributed by atoms with Crippen LogP contribution in [0.5, 0.6) is 5.75 Å². The van der Waals surface area contributed by atoms with Gasteiger partial charge >= 0.3 is 6.01 Å². The van der Waals surface area contributed by atoms with E-state index in [0.29, 0.717) is 17.8 Å². The second kappa shape index (κ2) is 6.22. The van der Waals surface area contributed by atoms with Crippen LogP contribution in [0, 0.1) is 5.92 Å². The molecule has 5 nitrogen and oxygen atoms in total. The summed E-state index contributed by atoms with van der Waals surface area (Å²) in [4.78, 5) is 4.30. The molecule has 0 saturated heterocycles. The molecule has 1 aromatic heterocycles. The summed E-state index contributed by atoms with van der Waals surface area (Å²) in [7, 11) is 1.64. The molecule has 5 heteroatoms. The maximum atomic E-state index is 5.15. The summed E-state index contributed by atoms with van der Waals surface area (Å²) in [5.41, 5.74) is 0.904. The molecule has 2 rings (SSSR count). The molecule has 0 atom stereocenters. The summed E-state index contributed by atoms with van der Waals surface area (Å²) in [5.74, 6) is 2.04. The standard InChI is InChI=1S/C14H19N3O2/c1-10(2)8-9-15-14-16-13(17-19-14)11-4-6-12(18-3)7-5-11/h4-7,10H,8-9H2,1-3H3,(H,15,16,17). The third kappa shape index (κ3) is 3.71. The number of benzene rings is 1. The molecular weight excluding hydrogens is 242 g/mol. The molecule has 0 spiro atoms. The fraction of sp³-hybridized carbons (Fsp3) is 0.429. The van der Waals surface area contributed by atoms with Gasteiger partial charge in [-0.25, -0.2) is 0 Å². The summed E-state index contributed by atoms with van der Waals surface area (Å²) >= 11 is 0. The molecule has 0 saturated carbocycles. The first kappa shape index (κ1) is 13.4. The molecule has 0 aliphatic heterocycles. The van der Waals surface area contributed by atoms with Crippen LogP contribution in [0.25, 0.3) is 11.4 Å². The van der Waals surface area contributed by atoms with Gasteiger partial charge in [-0.3, -0.25) is 0 Å². The van der Waals surface area contributed by atoms with Gasteiger partial charge < -0.3 is 14.6 Å². The Balaban J connectivity index is 1.99. The van der Waals surface area contributed by atoms with E-state index < -0.39 is 0 Å². The fourth-order valence-corrected chi connectivity index (χ4v) is 1.62. The predicted molar refractivity (Wildman–Crippen MR) is 74.2 cm³/mol. The summed E-state index contributed by atoms with van der Waals surface area (Å²) in [6.07, 6.45) is 1.07. The Bertz CT molecular complexity index is 506. The Hall–Kier alpha value is -2.04. The lowest BCUT2D eigenvalue weighted by Gasteiger charge is -2.03. The molecule has 0 fully saturated rings. The molecule has 1 N–H and O–H groups in total. The van der Waals surface area contributed by atoms with Crippen LogP contribution in [-0.2, 0) is 0 Å². The highest BCUT2D eigenvalue weighted by molar-refractivity contribution is 5.56. The minimum absolute atomic E-state index is 0.464. The van der Waals surface area contributed by atoms with Crippen LogP contribution in [0.4, 0.5) is 6.01 Å². The van der Waals surface area contributed by atoms with Crippen molar-refractivity contribution in [3.05, 3.63) is 24.3 Å². The van der Waals surface area contributed by atoms with Gasteiger partial charge in [0, 0.05) is 12.1 Å². The Labute approximate surface area is 113 Å². The maximum Gasteiger partial charge on any atom is 0.321 e. The van der Waals surface area contributed by atoms with Crippen molar-refractivity contribution in [1.82, 2.24) is 10.1 Å². The zero-order chi connectivity index (χ0) is 13.7. The van der Waals surface area contributed by atoms with Crippen LogP contribution >= 0.6 is 0 Å². The van der Waals surface area contributed by atoms with E-state index in [4.69, 9.17) is 9.26 Å². The van der Waals surface area contributed by atoms with E-state index in [2.05, 4.69) is 29.3 Å². The predicted octanol–water partition coefficient (Wildman–Crippen LogP) is 3.20. The Morgan fingerprint density at radius 1 is 1.26 bits per heavy atom. The average Bonchev–Trinajstić information content (AvgIpc) is 2.87. The average molecular weight is 261 g/mol. The molecule has 19 heavy (non-hydrogen) atoms. The number of ether oxygens (including phenoxy) is 1. The smallest absolute Gasteiger partial charge is 0.321 e. The SMILES string of the molecule is COc1ccc(-c2noc(NCCC(C)C)n2)cc1. The first-order chi connectivity index (χ1) is 9.19. The number of nitrogens with one attached hydrogen (secondary N) is 1. The van der Waals surface area contributed by atoms with Gasteiger partial charge in [-0.05, 0) is 36.6 Å². The van der Waals surface area contributed by atoms with Crippen molar-refractivity contribution >= 4 is 6.01 Å². The lowest BCUT2D eigenvalue weighted by atomic mass is 10.1. The van der Waals surface area contributed by atoms with Crippen LogP contribution in [0.2, 0.25) is 0 Å². The van der Waals surface area contributed by atoms with Crippen molar-refractivity contribution in [1.29, 1.82) is 0 Å². The third-order valence-electron chi connectivity index (χ3n) is 2.77. The Kier molecular flexibility index (Phi) is 4.39. The van der Waals surface area contributed by atoms with Crippen LogP contribution in [-0.4, -0.2) is 23.8 Å². The topological polar surface area (TPSA) is 60.2 Å². The quantitative estimate of drug-likeness (QED) is 0.865. The summed E-state index contributed by atoms with van der Waals surface area (Å²) in [6.45, 7) is 5.19. The number of anilines is 1. The van der Waals surface area contributed by atoms with Crippen molar-refractivity contribution in [3.63, 3.8) is 0 Å². The van der Waals surface area contributed by atoms with Gasteiger partial charge in [0.05, 0.1) is 7.11 Å². The van der Waals surface area contributed by atoms with Gasteiger partial charge in [0.2, 0.25) is 5.82 Å². The van der Waals surface area contributed by atoms with Crippen molar-refractivity contribution < 1.29 is 9.26 Å². The fourth-order valence-electron chi connectivity index (χ4n) is 1.62. The lowest BCUT2D eigenvalue weighted by Crippen LogP contribution is -2.04. The maximum absolute atomic E-state index is 5.15. The highest BCUT2D eigenvalue weighted by Gasteiger charge is 2.08. The Morgan fingerprint density at radius 2 is 2.00 bits per heavy atom. The second-order valence-electron chi connectivity index (χ2n) is 4.76. The van der Waals surface area contributed by atoms with E-state index >= 15 is 0 Å².